The van der Waals surface area contributed by atoms with E-state index in [0.29, 0.717) is 24.1 Å². The first-order valence-electron chi connectivity index (χ1n) is 5.81. The fourth-order valence-electron chi connectivity index (χ4n) is 1.61. The van der Waals surface area contributed by atoms with Crippen molar-refractivity contribution in [3.8, 4) is 0 Å². The van der Waals surface area contributed by atoms with Gasteiger partial charge in [-0.1, -0.05) is 18.6 Å². The second kappa shape index (κ2) is 9.31. The zero-order valence-corrected chi connectivity index (χ0v) is 11.1. The molecule has 0 heterocycles. The van der Waals surface area contributed by atoms with Crippen molar-refractivity contribution < 1.29 is 19.7 Å². The largest absolute Gasteiger partial charge is 0.481 e. The average Bonchev–Trinajstić information content (AvgIpc) is 2.29. The van der Waals surface area contributed by atoms with Crippen LogP contribution in [0.4, 0.5) is 0 Å². The molecule has 0 aromatic rings. The number of rotatable bonds is 11. The molecule has 0 bridgehead atoms. The van der Waals surface area contributed by atoms with E-state index in [4.69, 9.17) is 17.3 Å². The highest BCUT2D eigenvalue weighted by atomic mass is 32.1. The zero-order chi connectivity index (χ0) is 14.8. The predicted octanol–water partition coefficient (Wildman–Crippen LogP) is 1.56. The minimum Gasteiger partial charge on any atom is -0.481 e. The predicted molar refractivity (Wildman–Crippen MR) is 70.5 cm³/mol. The summed E-state index contributed by atoms with van der Waals surface area (Å²) >= 11 is 4.99. The lowest BCUT2D eigenvalue weighted by Gasteiger charge is -2.12. The minimum atomic E-state index is -0.915. The van der Waals surface area contributed by atoms with Crippen LogP contribution in [0.2, 0.25) is 0 Å². The number of nitrogens with zero attached hydrogens (tertiary/aromatic N) is 2. The Bertz CT molecular complexity index is 360. The van der Waals surface area contributed by atoms with Crippen molar-refractivity contribution in [1.82, 2.24) is 0 Å². The lowest BCUT2D eigenvalue weighted by atomic mass is 9.96. The summed E-state index contributed by atoms with van der Waals surface area (Å²) in [5, 5.41) is 29.2. The van der Waals surface area contributed by atoms with Gasteiger partial charge >= 0.3 is 5.97 Å². The third-order valence-corrected chi connectivity index (χ3v) is 3.10. The van der Waals surface area contributed by atoms with Crippen molar-refractivity contribution >= 4 is 23.1 Å². The van der Waals surface area contributed by atoms with E-state index in [2.05, 4.69) is 0 Å². The Morgan fingerprint density at radius 1 is 1.16 bits per heavy atom. The van der Waals surface area contributed by atoms with Crippen molar-refractivity contribution in [2.45, 2.75) is 32.1 Å². The van der Waals surface area contributed by atoms with E-state index in [1.807, 2.05) is 0 Å². The van der Waals surface area contributed by atoms with E-state index in [9.17, 15) is 25.0 Å². The van der Waals surface area contributed by atoms with E-state index in [1.54, 1.807) is 0 Å². The van der Waals surface area contributed by atoms with Gasteiger partial charge in [0.1, 0.15) is 0 Å². The summed E-state index contributed by atoms with van der Waals surface area (Å²) in [6.45, 7) is -0.689. The molecule has 0 radical (unpaired) electrons. The Balaban J connectivity index is 4.20. The van der Waals surface area contributed by atoms with E-state index < -0.39 is 21.7 Å². The second-order valence-electron chi connectivity index (χ2n) is 4.12. The molecule has 0 fully saturated rings. The topological polar surface area (TPSA) is 124 Å². The molecule has 1 unspecified atom stereocenters. The quantitative estimate of drug-likeness (QED) is 0.265. The third-order valence-electron chi connectivity index (χ3n) is 2.56. The minimum absolute atomic E-state index is 0.00679. The van der Waals surface area contributed by atoms with Gasteiger partial charge in [0.15, 0.2) is 0 Å². The molecule has 19 heavy (non-hydrogen) atoms. The maximum absolute atomic E-state index is 10.5. The van der Waals surface area contributed by atoms with Crippen LogP contribution in [0, 0.1) is 26.1 Å². The molecular weight excluding hydrogens is 276 g/mol. The number of carboxylic acids is 1. The Morgan fingerprint density at radius 2 is 1.79 bits per heavy atom. The molecule has 0 aromatic heterocycles. The zero-order valence-electron chi connectivity index (χ0n) is 10.3. The van der Waals surface area contributed by atoms with Crippen LogP contribution in [0.5, 0.6) is 0 Å². The Hall–Kier alpha value is -1.64. The molecule has 8 nitrogen and oxygen atoms in total. The molecule has 9 heteroatoms. The van der Waals surface area contributed by atoms with Gasteiger partial charge in [-0.05, 0) is 12.8 Å². The molecule has 108 valence electrons. The maximum Gasteiger partial charge on any atom is 0.303 e. The molecule has 1 N–H and O–H groups in total. The number of hydrogen-bond donors (Lipinski definition) is 1. The van der Waals surface area contributed by atoms with Gasteiger partial charge in [-0.2, -0.15) is 0 Å². The van der Waals surface area contributed by atoms with Crippen LogP contribution in [0.15, 0.2) is 0 Å². The van der Waals surface area contributed by atoms with Gasteiger partial charge < -0.3 is 5.11 Å². The van der Waals surface area contributed by atoms with Crippen LogP contribution < -0.4 is 0 Å². The standard InChI is InChI=1S/C10H16N2O6S/c13-10(14)4-2-1-3-8(7-12(17)18)9(19)5-6-11(15)16/h8H,1-7H2,(H,13,14). The molecule has 0 aliphatic heterocycles. The summed E-state index contributed by atoms with van der Waals surface area (Å²) in [6, 6.07) is 0. The highest BCUT2D eigenvalue weighted by Gasteiger charge is 2.21. The van der Waals surface area contributed by atoms with Gasteiger partial charge in [0.05, 0.1) is 5.92 Å². The van der Waals surface area contributed by atoms with Gasteiger partial charge in [-0.15, -0.1) is 0 Å². The molecule has 0 aliphatic carbocycles. The maximum atomic E-state index is 10.5. The molecule has 0 rings (SSSR count). The van der Waals surface area contributed by atoms with Crippen molar-refractivity contribution in [3.05, 3.63) is 20.2 Å². The lowest BCUT2D eigenvalue weighted by Crippen LogP contribution is -2.24. The smallest absolute Gasteiger partial charge is 0.303 e. The number of carboxylic acid groups (broad SMARTS) is 1. The Labute approximate surface area is 115 Å². The summed E-state index contributed by atoms with van der Waals surface area (Å²) in [7, 11) is 0. The summed E-state index contributed by atoms with van der Waals surface area (Å²) in [5.74, 6) is -1.42. The molecule has 0 aliphatic rings. The summed E-state index contributed by atoms with van der Waals surface area (Å²) in [6.07, 6.45) is 1.36. The lowest BCUT2D eigenvalue weighted by molar-refractivity contribution is -0.485. The first kappa shape index (κ1) is 17.4. The summed E-state index contributed by atoms with van der Waals surface area (Å²) in [5.41, 5.74) is 0. The number of unbranched alkanes of at least 4 members (excludes halogenated alkanes) is 1. The highest BCUT2D eigenvalue weighted by molar-refractivity contribution is 7.80. The summed E-state index contributed by atoms with van der Waals surface area (Å²) in [4.78, 5) is 30.4. The number of aliphatic carboxylic acids is 1. The van der Waals surface area contributed by atoms with Crippen molar-refractivity contribution in [2.75, 3.05) is 13.1 Å². The van der Waals surface area contributed by atoms with Gasteiger partial charge in [-0.3, -0.25) is 25.0 Å². The van der Waals surface area contributed by atoms with E-state index in [-0.39, 0.29) is 25.9 Å². The third kappa shape index (κ3) is 10.0. The SMILES string of the molecule is O=C(O)CCCCC(C[N+](=O)[O-])C(=S)CC[N+](=O)[O-]. The van der Waals surface area contributed by atoms with Crippen molar-refractivity contribution in [3.63, 3.8) is 0 Å². The average molecular weight is 292 g/mol. The van der Waals surface area contributed by atoms with E-state index in [1.165, 1.54) is 0 Å². The molecule has 1 atom stereocenters. The van der Waals surface area contributed by atoms with Crippen molar-refractivity contribution in [1.29, 1.82) is 0 Å². The van der Waals surface area contributed by atoms with Crippen LogP contribution in [0.3, 0.4) is 0 Å². The molecule has 0 saturated heterocycles. The first-order chi connectivity index (χ1) is 8.82. The normalized spacial score (nSPS) is 11.8. The van der Waals surface area contributed by atoms with Crippen LogP contribution in [-0.4, -0.2) is 38.9 Å². The van der Waals surface area contributed by atoms with Gasteiger partial charge in [0, 0.05) is 27.6 Å². The number of nitro groups is 2. The molecule has 0 aromatic carbocycles. The van der Waals surface area contributed by atoms with Crippen molar-refractivity contribution in [2.24, 2.45) is 5.92 Å². The molecule has 0 saturated carbocycles. The van der Waals surface area contributed by atoms with Gasteiger partial charge in [0.25, 0.3) is 0 Å². The first-order valence-corrected chi connectivity index (χ1v) is 6.22. The van der Waals surface area contributed by atoms with Crippen LogP contribution >= 0.6 is 12.2 Å². The fraction of sp³-hybridized carbons (Fsp3) is 0.800. The van der Waals surface area contributed by atoms with E-state index in [0.717, 1.165) is 0 Å². The van der Waals surface area contributed by atoms with Crippen LogP contribution in [0.25, 0.3) is 0 Å². The number of carbonyl (C=O) groups is 1. The second-order valence-corrected chi connectivity index (χ2v) is 4.65. The molecule has 0 spiro atoms. The monoisotopic (exact) mass is 292 g/mol. The molecular formula is C10H16N2O6S. The van der Waals surface area contributed by atoms with Crippen LogP contribution in [-0.2, 0) is 4.79 Å². The Kier molecular flexibility index (Phi) is 8.51. The van der Waals surface area contributed by atoms with E-state index >= 15 is 0 Å². The van der Waals surface area contributed by atoms with Crippen LogP contribution in [0.1, 0.15) is 32.1 Å². The number of thiocarbonyl (C=S) groups is 1. The molecule has 0 amide bonds. The highest BCUT2D eigenvalue weighted by Crippen LogP contribution is 2.15. The Morgan fingerprint density at radius 3 is 2.26 bits per heavy atom. The summed E-state index contributed by atoms with van der Waals surface area (Å²) < 4.78 is 0. The fourth-order valence-corrected chi connectivity index (χ4v) is 1.89. The number of hydrogen-bond acceptors (Lipinski definition) is 6. The van der Waals surface area contributed by atoms with Gasteiger partial charge in [-0.25, -0.2) is 0 Å². The van der Waals surface area contributed by atoms with Gasteiger partial charge in [0.2, 0.25) is 13.1 Å².